The van der Waals surface area contributed by atoms with Crippen molar-refractivity contribution in [1.29, 1.82) is 0 Å². The lowest BCUT2D eigenvalue weighted by Crippen LogP contribution is -2.34. The summed E-state index contributed by atoms with van der Waals surface area (Å²) < 4.78 is 13.9. The van der Waals surface area contributed by atoms with E-state index < -0.39 is 0 Å². The predicted octanol–water partition coefficient (Wildman–Crippen LogP) is 4.11. The van der Waals surface area contributed by atoms with E-state index >= 15 is 0 Å². The first-order valence-corrected chi connectivity index (χ1v) is 9.74. The van der Waals surface area contributed by atoms with Gasteiger partial charge in [-0.15, -0.1) is 11.3 Å². The molecule has 1 saturated heterocycles. The van der Waals surface area contributed by atoms with Crippen LogP contribution in [0.4, 0.5) is 4.39 Å². The fourth-order valence-electron chi connectivity index (χ4n) is 3.33. The number of benzene rings is 1. The highest BCUT2D eigenvalue weighted by Gasteiger charge is 2.22. The molecule has 5 heteroatoms. The second kappa shape index (κ2) is 8.11. The fourth-order valence-corrected chi connectivity index (χ4v) is 4.41. The normalized spacial score (nSPS) is 16.0. The Labute approximate surface area is 153 Å². The largest absolute Gasteiger partial charge is 0.337 e. The standard InChI is InChI=1S/C20H25FN2OS/c1-3-16-13-19(25-15(16)2)20(24)23-10-6-9-22(11-12-23)14-17-7-4-5-8-18(17)21/h4-5,7-8,13H,3,6,9-12,14H2,1-2H3. The Bertz CT molecular complexity index is 743. The molecular formula is C20H25FN2OS. The number of hydrogen-bond donors (Lipinski definition) is 0. The minimum atomic E-state index is -0.152. The van der Waals surface area contributed by atoms with Crippen LogP contribution in [0.15, 0.2) is 30.3 Å². The third kappa shape index (κ3) is 4.28. The molecule has 0 N–H and O–H groups in total. The molecule has 0 bridgehead atoms. The summed E-state index contributed by atoms with van der Waals surface area (Å²) in [5, 5.41) is 0. The number of thiophene rings is 1. The number of nitrogens with zero attached hydrogens (tertiary/aromatic N) is 2. The van der Waals surface area contributed by atoms with Crippen molar-refractivity contribution in [2.24, 2.45) is 0 Å². The van der Waals surface area contributed by atoms with Crippen molar-refractivity contribution in [1.82, 2.24) is 9.80 Å². The summed E-state index contributed by atoms with van der Waals surface area (Å²) in [5.74, 6) is -0.0126. The highest BCUT2D eigenvalue weighted by atomic mass is 32.1. The van der Waals surface area contributed by atoms with Gasteiger partial charge < -0.3 is 4.90 Å². The van der Waals surface area contributed by atoms with Gasteiger partial charge in [0, 0.05) is 43.2 Å². The summed E-state index contributed by atoms with van der Waals surface area (Å²) >= 11 is 1.60. The van der Waals surface area contributed by atoms with Gasteiger partial charge in [0.1, 0.15) is 5.82 Å². The smallest absolute Gasteiger partial charge is 0.263 e. The minimum absolute atomic E-state index is 0.139. The molecule has 3 nitrogen and oxygen atoms in total. The van der Waals surface area contributed by atoms with Crippen molar-refractivity contribution in [3.05, 3.63) is 57.0 Å². The van der Waals surface area contributed by atoms with E-state index in [-0.39, 0.29) is 11.7 Å². The van der Waals surface area contributed by atoms with Crippen molar-refractivity contribution in [2.75, 3.05) is 26.2 Å². The summed E-state index contributed by atoms with van der Waals surface area (Å²) in [5.41, 5.74) is 1.99. The molecule has 1 aliphatic rings. The zero-order valence-electron chi connectivity index (χ0n) is 14.9. The first kappa shape index (κ1) is 18.1. The molecule has 0 atom stereocenters. The Balaban J connectivity index is 1.63. The van der Waals surface area contributed by atoms with Gasteiger partial charge in [0.25, 0.3) is 5.91 Å². The lowest BCUT2D eigenvalue weighted by molar-refractivity contribution is 0.0766. The van der Waals surface area contributed by atoms with Crippen molar-refractivity contribution in [3.63, 3.8) is 0 Å². The van der Waals surface area contributed by atoms with Crippen molar-refractivity contribution < 1.29 is 9.18 Å². The fraction of sp³-hybridized carbons (Fsp3) is 0.450. The van der Waals surface area contributed by atoms with Crippen LogP contribution >= 0.6 is 11.3 Å². The van der Waals surface area contributed by atoms with Gasteiger partial charge in [-0.25, -0.2) is 4.39 Å². The highest BCUT2D eigenvalue weighted by Crippen LogP contribution is 2.24. The Morgan fingerprint density at radius 2 is 1.96 bits per heavy atom. The second-order valence-electron chi connectivity index (χ2n) is 6.56. The molecule has 0 spiro atoms. The zero-order valence-corrected chi connectivity index (χ0v) is 15.7. The maximum Gasteiger partial charge on any atom is 0.263 e. The van der Waals surface area contributed by atoms with E-state index in [2.05, 4.69) is 18.7 Å². The monoisotopic (exact) mass is 360 g/mol. The van der Waals surface area contributed by atoms with Gasteiger partial charge in [0.15, 0.2) is 0 Å². The summed E-state index contributed by atoms with van der Waals surface area (Å²) in [6.07, 6.45) is 1.89. The van der Waals surface area contributed by atoms with Crippen LogP contribution in [0.3, 0.4) is 0 Å². The van der Waals surface area contributed by atoms with Crippen LogP contribution in [0.5, 0.6) is 0 Å². The predicted molar refractivity (Wildman–Crippen MR) is 101 cm³/mol. The van der Waals surface area contributed by atoms with Crippen molar-refractivity contribution in [3.8, 4) is 0 Å². The molecule has 134 valence electrons. The maximum absolute atomic E-state index is 13.9. The van der Waals surface area contributed by atoms with Crippen LogP contribution < -0.4 is 0 Å². The Kier molecular flexibility index (Phi) is 5.86. The molecule has 25 heavy (non-hydrogen) atoms. The summed E-state index contributed by atoms with van der Waals surface area (Å²) in [4.78, 5) is 19.1. The molecule has 0 aliphatic carbocycles. The molecule has 1 amide bonds. The Hall–Kier alpha value is -1.72. The quantitative estimate of drug-likeness (QED) is 0.819. The van der Waals surface area contributed by atoms with E-state index in [9.17, 15) is 9.18 Å². The summed E-state index contributed by atoms with van der Waals surface area (Å²) in [7, 11) is 0. The second-order valence-corrected chi connectivity index (χ2v) is 7.82. The van der Waals surface area contributed by atoms with E-state index in [0.29, 0.717) is 13.1 Å². The Morgan fingerprint density at radius 1 is 1.16 bits per heavy atom. The number of rotatable bonds is 4. The van der Waals surface area contributed by atoms with Gasteiger partial charge in [-0.3, -0.25) is 9.69 Å². The average Bonchev–Trinajstić information content (AvgIpc) is 2.84. The van der Waals surface area contributed by atoms with Crippen LogP contribution in [0.2, 0.25) is 0 Å². The van der Waals surface area contributed by atoms with E-state index in [1.54, 1.807) is 17.4 Å². The Morgan fingerprint density at radius 3 is 2.68 bits per heavy atom. The topological polar surface area (TPSA) is 23.6 Å². The van der Waals surface area contributed by atoms with Gasteiger partial charge in [0.2, 0.25) is 0 Å². The number of amides is 1. The van der Waals surface area contributed by atoms with E-state index in [4.69, 9.17) is 0 Å². The minimum Gasteiger partial charge on any atom is -0.337 e. The molecule has 0 saturated carbocycles. The van der Waals surface area contributed by atoms with E-state index in [1.807, 2.05) is 23.1 Å². The third-order valence-corrected chi connectivity index (χ3v) is 5.92. The zero-order chi connectivity index (χ0) is 17.8. The van der Waals surface area contributed by atoms with Gasteiger partial charge in [-0.05, 0) is 37.5 Å². The van der Waals surface area contributed by atoms with Crippen LogP contribution in [0.25, 0.3) is 0 Å². The molecule has 3 rings (SSSR count). The molecule has 1 aromatic carbocycles. The van der Waals surface area contributed by atoms with Gasteiger partial charge in [-0.1, -0.05) is 25.1 Å². The van der Waals surface area contributed by atoms with Gasteiger partial charge in [0.05, 0.1) is 4.88 Å². The number of halogens is 1. The molecule has 0 radical (unpaired) electrons. The van der Waals surface area contributed by atoms with Crippen LogP contribution in [0, 0.1) is 12.7 Å². The van der Waals surface area contributed by atoms with Crippen molar-refractivity contribution in [2.45, 2.75) is 33.2 Å². The molecule has 1 aliphatic heterocycles. The summed E-state index contributed by atoms with van der Waals surface area (Å²) in [6.45, 7) is 7.95. The van der Waals surface area contributed by atoms with E-state index in [1.165, 1.54) is 16.5 Å². The van der Waals surface area contributed by atoms with Crippen LogP contribution in [-0.2, 0) is 13.0 Å². The lowest BCUT2D eigenvalue weighted by atomic mass is 10.2. The third-order valence-electron chi connectivity index (χ3n) is 4.84. The SMILES string of the molecule is CCc1cc(C(=O)N2CCCN(Cc3ccccc3F)CC2)sc1C. The molecule has 1 aromatic heterocycles. The molecule has 0 unspecified atom stereocenters. The van der Waals surface area contributed by atoms with Crippen LogP contribution in [0.1, 0.15) is 39.0 Å². The number of carbonyl (C=O) groups is 1. The van der Waals surface area contributed by atoms with Gasteiger partial charge in [-0.2, -0.15) is 0 Å². The molecule has 2 heterocycles. The lowest BCUT2D eigenvalue weighted by Gasteiger charge is -2.22. The maximum atomic E-state index is 13.9. The number of hydrogen-bond acceptors (Lipinski definition) is 3. The van der Waals surface area contributed by atoms with Crippen LogP contribution in [-0.4, -0.2) is 41.9 Å². The molecule has 2 aromatic rings. The number of aryl methyl sites for hydroxylation is 2. The first-order valence-electron chi connectivity index (χ1n) is 8.93. The average molecular weight is 360 g/mol. The molecular weight excluding hydrogens is 335 g/mol. The molecule has 1 fully saturated rings. The summed E-state index contributed by atoms with van der Waals surface area (Å²) in [6, 6.07) is 8.98. The van der Waals surface area contributed by atoms with E-state index in [0.717, 1.165) is 42.9 Å². The number of carbonyl (C=O) groups excluding carboxylic acids is 1. The van der Waals surface area contributed by atoms with Crippen molar-refractivity contribution >= 4 is 17.2 Å². The first-order chi connectivity index (χ1) is 12.1. The highest BCUT2D eigenvalue weighted by molar-refractivity contribution is 7.14. The van der Waals surface area contributed by atoms with Gasteiger partial charge >= 0.3 is 0 Å².